The average Bonchev–Trinajstić information content (AvgIpc) is 3.03. The molecule has 0 radical (unpaired) electrons. The lowest BCUT2D eigenvalue weighted by Gasteiger charge is -2.19. The molecule has 3 aromatic rings. The summed E-state index contributed by atoms with van der Waals surface area (Å²) in [7, 11) is -2.42. The molecule has 0 aliphatic rings. The van der Waals surface area contributed by atoms with E-state index in [1.165, 1.54) is 7.11 Å². The van der Waals surface area contributed by atoms with E-state index >= 15 is 4.39 Å². The Bertz CT molecular complexity index is 1120. The molecule has 1 unspecified atom stereocenters. The van der Waals surface area contributed by atoms with Crippen molar-refractivity contribution in [2.24, 2.45) is 0 Å². The molecule has 1 atom stereocenters. The lowest BCUT2D eigenvalue weighted by molar-refractivity contribution is 0.130. The van der Waals surface area contributed by atoms with Crippen molar-refractivity contribution in [1.29, 1.82) is 0 Å². The second kappa shape index (κ2) is 8.14. The number of pyridine rings is 1. The monoisotopic (exact) mass is 473 g/mol. The normalized spacial score (nSPS) is 13.0. The molecule has 2 aromatic heterocycles. The largest absolute Gasteiger partial charge is 0.372 e. The number of H-pyrrole nitrogens is 1. The smallest absolute Gasteiger partial charge is 0.232 e. The number of benzene rings is 1. The van der Waals surface area contributed by atoms with Gasteiger partial charge in [-0.15, -0.1) is 0 Å². The molecular weight excluding hydrogens is 456 g/mol. The fraction of sp³-hybridized carbons (Fsp3) is 0.278. The minimum Gasteiger partial charge on any atom is -0.372 e. The Kier molecular flexibility index (Phi) is 6.01. The zero-order chi connectivity index (χ0) is 20.5. The number of nitrogens with zero attached hydrogens (tertiary/aromatic N) is 1. The van der Waals surface area contributed by atoms with Crippen LogP contribution in [0.2, 0.25) is 0 Å². The van der Waals surface area contributed by atoms with Gasteiger partial charge in [-0.25, -0.2) is 22.2 Å². The summed E-state index contributed by atoms with van der Waals surface area (Å²) in [5.74, 6) is -2.04. The van der Waals surface area contributed by atoms with Crippen LogP contribution >= 0.6 is 15.9 Å². The Morgan fingerprint density at radius 1 is 1.36 bits per heavy atom. The number of sulfonamides is 1. The number of aromatic amines is 1. The van der Waals surface area contributed by atoms with Gasteiger partial charge in [-0.2, -0.15) is 0 Å². The van der Waals surface area contributed by atoms with Crippen molar-refractivity contribution < 1.29 is 21.9 Å². The number of nitrogens with one attached hydrogen (secondary N) is 2. The SMILES string of the molecule is CCCS(=O)(=O)Nc1ccc(F)c(C(OC)c2c[nH]c3ncc(Br)cc23)c1F. The minimum absolute atomic E-state index is 0.172. The maximum atomic E-state index is 15.1. The Balaban J connectivity index is 2.12. The van der Waals surface area contributed by atoms with Crippen LogP contribution in [0.4, 0.5) is 14.5 Å². The van der Waals surface area contributed by atoms with Crippen molar-refractivity contribution in [3.63, 3.8) is 0 Å². The summed E-state index contributed by atoms with van der Waals surface area (Å²) in [6.07, 6.45) is 2.41. The second-order valence-corrected chi connectivity index (χ2v) is 8.91. The van der Waals surface area contributed by atoms with Crippen LogP contribution in [0.5, 0.6) is 0 Å². The van der Waals surface area contributed by atoms with Crippen molar-refractivity contribution in [2.45, 2.75) is 19.4 Å². The first kappa shape index (κ1) is 20.7. The van der Waals surface area contributed by atoms with Gasteiger partial charge in [-0.05, 0) is 40.5 Å². The molecule has 6 nitrogen and oxygen atoms in total. The van der Waals surface area contributed by atoms with E-state index in [4.69, 9.17) is 4.74 Å². The molecule has 0 aliphatic heterocycles. The summed E-state index contributed by atoms with van der Waals surface area (Å²) < 4.78 is 62.0. The van der Waals surface area contributed by atoms with Gasteiger partial charge < -0.3 is 9.72 Å². The zero-order valence-corrected chi connectivity index (χ0v) is 17.5. The first-order valence-electron chi connectivity index (χ1n) is 8.41. The van der Waals surface area contributed by atoms with Crippen molar-refractivity contribution in [2.75, 3.05) is 17.6 Å². The standard InChI is InChI=1S/C18H18BrF2N3O3S/c1-3-6-28(25,26)24-14-5-4-13(20)15(16(14)21)17(27-2)12-9-23-18-11(12)7-10(19)8-22-18/h4-5,7-9,17,24H,3,6H2,1-2H3,(H,22,23). The van der Waals surface area contributed by atoms with E-state index < -0.39 is 27.8 Å². The number of fused-ring (bicyclic) bond motifs is 1. The summed E-state index contributed by atoms with van der Waals surface area (Å²) in [4.78, 5) is 7.15. The van der Waals surface area contributed by atoms with Crippen LogP contribution in [0.3, 0.4) is 0 Å². The molecule has 1 aromatic carbocycles. The number of anilines is 1. The van der Waals surface area contributed by atoms with Crippen molar-refractivity contribution in [3.05, 3.63) is 57.8 Å². The molecule has 0 aliphatic carbocycles. The Morgan fingerprint density at radius 3 is 2.79 bits per heavy atom. The quantitative estimate of drug-likeness (QED) is 0.529. The lowest BCUT2D eigenvalue weighted by atomic mass is 9.99. The van der Waals surface area contributed by atoms with Gasteiger partial charge in [0.25, 0.3) is 0 Å². The predicted molar refractivity (Wildman–Crippen MR) is 107 cm³/mol. The molecule has 0 amide bonds. The number of methoxy groups -OCH3 is 1. The number of rotatable bonds is 7. The number of hydrogen-bond donors (Lipinski definition) is 2. The fourth-order valence-corrected chi connectivity index (χ4v) is 4.45. The number of aromatic nitrogens is 2. The van der Waals surface area contributed by atoms with Crippen LogP contribution in [-0.2, 0) is 14.8 Å². The van der Waals surface area contributed by atoms with E-state index in [9.17, 15) is 12.8 Å². The van der Waals surface area contributed by atoms with Crippen LogP contribution in [0.1, 0.15) is 30.6 Å². The molecular formula is C18H18BrF2N3O3S. The first-order chi connectivity index (χ1) is 13.3. The highest BCUT2D eigenvalue weighted by Gasteiger charge is 2.27. The van der Waals surface area contributed by atoms with Crippen LogP contribution in [-0.4, -0.2) is 31.2 Å². The third-order valence-electron chi connectivity index (χ3n) is 4.17. The van der Waals surface area contributed by atoms with Gasteiger partial charge in [0.2, 0.25) is 10.0 Å². The maximum absolute atomic E-state index is 15.1. The van der Waals surface area contributed by atoms with E-state index in [1.807, 2.05) is 0 Å². The maximum Gasteiger partial charge on any atom is 0.232 e. The van der Waals surface area contributed by atoms with Crippen molar-refractivity contribution in [1.82, 2.24) is 9.97 Å². The van der Waals surface area contributed by atoms with Gasteiger partial charge in [0.1, 0.15) is 17.6 Å². The van der Waals surface area contributed by atoms with E-state index in [0.717, 1.165) is 12.1 Å². The summed E-state index contributed by atoms with van der Waals surface area (Å²) in [6.45, 7) is 1.69. The summed E-state index contributed by atoms with van der Waals surface area (Å²) >= 11 is 3.32. The number of hydrogen-bond acceptors (Lipinski definition) is 4. The van der Waals surface area contributed by atoms with E-state index in [-0.39, 0.29) is 17.0 Å². The zero-order valence-electron chi connectivity index (χ0n) is 15.1. The Labute approximate surface area is 169 Å². The van der Waals surface area contributed by atoms with Crippen molar-refractivity contribution >= 4 is 42.7 Å². The number of ether oxygens (including phenoxy) is 1. The molecule has 2 heterocycles. The second-order valence-electron chi connectivity index (χ2n) is 6.15. The third kappa shape index (κ3) is 4.03. The molecule has 150 valence electrons. The van der Waals surface area contributed by atoms with E-state index in [2.05, 4.69) is 30.6 Å². The minimum atomic E-state index is -3.74. The summed E-state index contributed by atoms with van der Waals surface area (Å²) in [5, 5.41) is 0.622. The molecule has 0 saturated carbocycles. The highest BCUT2D eigenvalue weighted by Crippen LogP contribution is 2.36. The van der Waals surface area contributed by atoms with E-state index in [0.29, 0.717) is 27.5 Å². The van der Waals surface area contributed by atoms with Gasteiger partial charge in [-0.1, -0.05) is 6.92 Å². The van der Waals surface area contributed by atoms with Gasteiger partial charge >= 0.3 is 0 Å². The fourth-order valence-electron chi connectivity index (χ4n) is 2.99. The van der Waals surface area contributed by atoms with Gasteiger partial charge in [0, 0.05) is 34.9 Å². The summed E-state index contributed by atoms with van der Waals surface area (Å²) in [6, 6.07) is 3.82. The van der Waals surface area contributed by atoms with Gasteiger partial charge in [-0.3, -0.25) is 4.72 Å². The van der Waals surface area contributed by atoms with Gasteiger partial charge in [0.15, 0.2) is 5.82 Å². The molecule has 10 heteroatoms. The molecule has 0 fully saturated rings. The molecule has 3 rings (SSSR count). The highest BCUT2D eigenvalue weighted by molar-refractivity contribution is 9.10. The highest BCUT2D eigenvalue weighted by atomic mass is 79.9. The number of halogens is 3. The van der Waals surface area contributed by atoms with Crippen LogP contribution in [0, 0.1) is 11.6 Å². The van der Waals surface area contributed by atoms with Crippen LogP contribution in [0.15, 0.2) is 35.1 Å². The lowest BCUT2D eigenvalue weighted by Crippen LogP contribution is -2.18. The topological polar surface area (TPSA) is 84.1 Å². The molecule has 2 N–H and O–H groups in total. The Morgan fingerprint density at radius 2 is 2.11 bits per heavy atom. The van der Waals surface area contributed by atoms with E-state index in [1.54, 1.807) is 25.4 Å². The molecule has 0 spiro atoms. The first-order valence-corrected chi connectivity index (χ1v) is 10.9. The van der Waals surface area contributed by atoms with Crippen molar-refractivity contribution in [3.8, 4) is 0 Å². The molecule has 0 saturated heterocycles. The Hall–Kier alpha value is -2.04. The van der Waals surface area contributed by atoms with Crippen LogP contribution < -0.4 is 4.72 Å². The molecule has 28 heavy (non-hydrogen) atoms. The average molecular weight is 474 g/mol. The predicted octanol–water partition coefficient (Wildman–Crippen LogP) is 4.49. The molecule has 0 bridgehead atoms. The summed E-state index contributed by atoms with van der Waals surface area (Å²) in [5.41, 5.74) is 0.282. The van der Waals surface area contributed by atoms with Crippen LogP contribution in [0.25, 0.3) is 11.0 Å². The third-order valence-corrected chi connectivity index (χ3v) is 6.09. The van der Waals surface area contributed by atoms with Gasteiger partial charge in [0.05, 0.1) is 17.0 Å².